The monoisotopic (exact) mass is 723 g/mol. The number of hydrogen-bond donors (Lipinski definition) is 4. The van der Waals surface area contributed by atoms with Crippen LogP contribution in [0.5, 0.6) is 23.0 Å². The molecule has 0 radical (unpaired) electrons. The molecular formula is C34H33N3O15. The van der Waals surface area contributed by atoms with Gasteiger partial charge in [0, 0.05) is 31.5 Å². The molecule has 18 nitrogen and oxygen atoms in total. The molecule has 3 amide bonds. The molecule has 3 rings (SSSR count). The summed E-state index contributed by atoms with van der Waals surface area (Å²) in [5.74, 6) is -8.96. The highest BCUT2D eigenvalue weighted by Crippen LogP contribution is 2.30. The van der Waals surface area contributed by atoms with Crippen molar-refractivity contribution in [3.8, 4) is 23.0 Å². The van der Waals surface area contributed by atoms with Gasteiger partial charge in [0.05, 0.1) is 25.3 Å². The largest absolute Gasteiger partial charge is 0.493 e. The van der Waals surface area contributed by atoms with E-state index in [9.17, 15) is 43.5 Å². The van der Waals surface area contributed by atoms with Gasteiger partial charge >= 0.3 is 29.8 Å². The number of hydrazine groups is 1. The maximum Gasteiger partial charge on any atom is 0.349 e. The zero-order valence-electron chi connectivity index (χ0n) is 28.3. The number of methoxy groups -OCH3 is 2. The van der Waals surface area contributed by atoms with E-state index >= 15 is 0 Å². The summed E-state index contributed by atoms with van der Waals surface area (Å²) in [6.07, 6.45) is -4.74. The molecule has 4 N–H and O–H groups in total. The molecule has 52 heavy (non-hydrogen) atoms. The first-order chi connectivity index (χ1) is 24.7. The fourth-order valence-electron chi connectivity index (χ4n) is 4.14. The molecule has 2 atom stereocenters. The first-order valence-electron chi connectivity index (χ1n) is 15.0. The normalized spacial score (nSPS) is 11.4. The zero-order valence-corrected chi connectivity index (χ0v) is 28.3. The van der Waals surface area contributed by atoms with Crippen LogP contribution in [0.1, 0.15) is 58.3 Å². The highest BCUT2D eigenvalue weighted by Gasteiger charge is 2.41. The Balaban J connectivity index is 1.92. The molecule has 0 aromatic heterocycles. The van der Waals surface area contributed by atoms with E-state index in [2.05, 4.69) is 5.32 Å². The Morgan fingerprint density at radius 2 is 1.10 bits per heavy atom. The fourth-order valence-corrected chi connectivity index (χ4v) is 4.14. The average molecular weight is 724 g/mol. The number of amides is 3. The number of carboxylic acids is 1. The number of ether oxygens (including phenoxy) is 6. The van der Waals surface area contributed by atoms with Crippen molar-refractivity contribution in [3.05, 3.63) is 77.4 Å². The highest BCUT2D eigenvalue weighted by atomic mass is 16.6. The molecule has 0 aliphatic carbocycles. The summed E-state index contributed by atoms with van der Waals surface area (Å²) in [6.45, 7) is 3.91. The van der Waals surface area contributed by atoms with E-state index in [1.807, 2.05) is 10.9 Å². The van der Waals surface area contributed by atoms with Crippen molar-refractivity contribution in [3.63, 3.8) is 0 Å². The fraction of sp³-hybridized carbons (Fsp3) is 0.235. The Bertz CT molecular complexity index is 1870. The third-order valence-corrected chi connectivity index (χ3v) is 6.60. The first-order valence-corrected chi connectivity index (χ1v) is 15.0. The molecule has 0 aliphatic heterocycles. The average Bonchev–Trinajstić information content (AvgIpc) is 3.11. The molecule has 0 heterocycles. The van der Waals surface area contributed by atoms with Gasteiger partial charge in [-0.3, -0.25) is 34.8 Å². The van der Waals surface area contributed by atoms with Crippen molar-refractivity contribution in [2.45, 2.75) is 39.4 Å². The van der Waals surface area contributed by atoms with Gasteiger partial charge in [0.1, 0.15) is 0 Å². The minimum atomic E-state index is -2.52. The number of anilines is 1. The number of nitrogens with one attached hydrogen (secondary N) is 3. The van der Waals surface area contributed by atoms with Crippen LogP contribution in [0.2, 0.25) is 0 Å². The van der Waals surface area contributed by atoms with Crippen molar-refractivity contribution in [2.75, 3.05) is 19.5 Å². The summed E-state index contributed by atoms with van der Waals surface area (Å²) in [5.41, 5.74) is 3.75. The number of esters is 4. The van der Waals surface area contributed by atoms with Crippen LogP contribution < -0.4 is 35.1 Å². The van der Waals surface area contributed by atoms with E-state index in [4.69, 9.17) is 28.4 Å². The Kier molecular flexibility index (Phi) is 13.8. The van der Waals surface area contributed by atoms with E-state index in [0.717, 1.165) is 38.1 Å². The molecule has 0 fully saturated rings. The Hall–Kier alpha value is -6.98. The van der Waals surface area contributed by atoms with Gasteiger partial charge in [-0.2, -0.15) is 0 Å². The summed E-state index contributed by atoms with van der Waals surface area (Å²) in [5, 5.41) is 12.7. The lowest BCUT2D eigenvalue weighted by molar-refractivity contribution is -0.159. The summed E-state index contributed by atoms with van der Waals surface area (Å²) in [4.78, 5) is 99.5. The van der Waals surface area contributed by atoms with Gasteiger partial charge in [-0.05, 0) is 60.7 Å². The molecule has 0 spiro atoms. The van der Waals surface area contributed by atoms with Gasteiger partial charge in [0.15, 0.2) is 23.0 Å². The molecule has 0 saturated heterocycles. The van der Waals surface area contributed by atoms with Crippen molar-refractivity contribution in [2.24, 2.45) is 0 Å². The predicted octanol–water partition coefficient (Wildman–Crippen LogP) is 2.20. The van der Waals surface area contributed by atoms with Crippen LogP contribution in [-0.2, 0) is 33.4 Å². The SMILES string of the molecule is CCC(=O)Nc1ccc(C(=O)NNC(=O)[C@H](OC(=O)c2ccc(OC(C)=O)c(OC)c2)[C@H](OC(=O)c2ccc(OC(C)=O)c(OC)c2)C(=O)O)cc1. The van der Waals surface area contributed by atoms with Gasteiger partial charge in [-0.25, -0.2) is 14.4 Å². The van der Waals surface area contributed by atoms with E-state index < -0.39 is 53.9 Å². The van der Waals surface area contributed by atoms with E-state index in [1.54, 1.807) is 6.92 Å². The van der Waals surface area contributed by atoms with Gasteiger partial charge in [-0.1, -0.05) is 6.92 Å². The lowest BCUT2D eigenvalue weighted by Gasteiger charge is -2.24. The molecular weight excluding hydrogens is 690 g/mol. The van der Waals surface area contributed by atoms with Crippen LogP contribution in [0.15, 0.2) is 60.7 Å². The van der Waals surface area contributed by atoms with Gasteiger partial charge in [0.25, 0.3) is 11.8 Å². The maximum atomic E-state index is 13.4. The van der Waals surface area contributed by atoms with E-state index in [-0.39, 0.29) is 52.0 Å². The maximum absolute atomic E-state index is 13.4. The molecule has 0 unspecified atom stereocenters. The minimum Gasteiger partial charge on any atom is -0.493 e. The second kappa shape index (κ2) is 18.1. The Morgan fingerprint density at radius 3 is 1.52 bits per heavy atom. The van der Waals surface area contributed by atoms with Crippen molar-refractivity contribution >= 4 is 53.3 Å². The number of benzene rings is 3. The van der Waals surface area contributed by atoms with Crippen LogP contribution >= 0.6 is 0 Å². The smallest absolute Gasteiger partial charge is 0.349 e. The summed E-state index contributed by atoms with van der Waals surface area (Å²) >= 11 is 0. The lowest BCUT2D eigenvalue weighted by Crippen LogP contribution is -2.54. The molecule has 3 aromatic carbocycles. The van der Waals surface area contributed by atoms with Gasteiger partial charge in [-0.15, -0.1) is 0 Å². The van der Waals surface area contributed by atoms with Gasteiger partial charge < -0.3 is 38.8 Å². The topological polar surface area (TPSA) is 248 Å². The zero-order chi connectivity index (χ0) is 38.5. The van der Waals surface area contributed by atoms with Gasteiger partial charge in [0.2, 0.25) is 18.1 Å². The van der Waals surface area contributed by atoms with Crippen molar-refractivity contribution in [1.29, 1.82) is 0 Å². The third kappa shape index (κ3) is 10.8. The quantitative estimate of drug-likeness (QED) is 0.106. The Morgan fingerprint density at radius 1 is 0.635 bits per heavy atom. The second-order valence-corrected chi connectivity index (χ2v) is 10.3. The van der Waals surface area contributed by atoms with Crippen molar-refractivity contribution in [1.82, 2.24) is 10.9 Å². The molecule has 0 aliphatic rings. The third-order valence-electron chi connectivity index (χ3n) is 6.60. The number of aliphatic carboxylic acids is 1. The summed E-state index contributed by atoms with van der Waals surface area (Å²) in [7, 11) is 2.41. The van der Waals surface area contributed by atoms with Crippen LogP contribution in [0.3, 0.4) is 0 Å². The van der Waals surface area contributed by atoms with Crippen LogP contribution in [-0.4, -0.2) is 79.1 Å². The lowest BCUT2D eigenvalue weighted by atomic mass is 10.1. The highest BCUT2D eigenvalue weighted by molar-refractivity contribution is 6.00. The molecule has 18 heteroatoms. The molecule has 0 saturated carbocycles. The number of hydrogen-bond acceptors (Lipinski definition) is 14. The van der Waals surface area contributed by atoms with E-state index in [0.29, 0.717) is 5.69 Å². The second-order valence-electron chi connectivity index (χ2n) is 10.3. The molecule has 0 bridgehead atoms. The number of carbonyl (C=O) groups excluding carboxylic acids is 7. The number of carbonyl (C=O) groups is 8. The summed E-state index contributed by atoms with van der Waals surface area (Å²) < 4.78 is 30.6. The molecule has 3 aromatic rings. The predicted molar refractivity (Wildman–Crippen MR) is 176 cm³/mol. The minimum absolute atomic E-state index is 0.00401. The number of carboxylic acid groups (broad SMARTS) is 1. The molecule has 274 valence electrons. The standard InChI is InChI=1S/C34H33N3O15/c1-6-27(40)35-22-11-7-19(8-12-22)30(41)36-37-31(42)28(51-33(45)20-9-13-23(49-17(2)38)25(15-20)47-4)29(32(43)44)52-34(46)21-10-14-24(50-18(3)39)26(16-21)48-5/h7-16,28-29H,6H2,1-5H3,(H,35,40)(H,36,41)(H,37,42)(H,43,44)/t28-,29+/m1/s1. The van der Waals surface area contributed by atoms with Crippen molar-refractivity contribution < 1.29 is 71.9 Å². The Labute approximate surface area is 295 Å². The van der Waals surface area contributed by atoms with Crippen LogP contribution in [0, 0.1) is 0 Å². The summed E-state index contributed by atoms with van der Waals surface area (Å²) in [6, 6.07) is 12.2. The first kappa shape index (κ1) is 39.5. The van der Waals surface area contributed by atoms with Crippen LogP contribution in [0.4, 0.5) is 5.69 Å². The number of rotatable bonds is 14. The van der Waals surface area contributed by atoms with E-state index in [1.165, 1.54) is 50.6 Å². The van der Waals surface area contributed by atoms with Crippen LogP contribution in [0.25, 0.3) is 0 Å².